The number of carbonyl (C=O) groups is 3. The van der Waals surface area contributed by atoms with Crippen LogP contribution in [0.3, 0.4) is 0 Å². The van der Waals surface area contributed by atoms with Gasteiger partial charge in [0.15, 0.2) is 0 Å². The van der Waals surface area contributed by atoms with Crippen molar-refractivity contribution in [1.82, 2.24) is 9.80 Å². The van der Waals surface area contributed by atoms with E-state index in [1.807, 2.05) is 0 Å². The minimum Gasteiger partial charge on any atom is -0.481 e. The van der Waals surface area contributed by atoms with E-state index in [9.17, 15) is 18.8 Å². The summed E-state index contributed by atoms with van der Waals surface area (Å²) in [6.45, 7) is 3.12. The standard InChI is InChI=1S/C17H19FN2O4/c1-10-2-3-11(8-14(10)18)15(21)19-4-6-20(7-5-19)16(22)12-9-13(12)17(23)24/h2-3,8,12-13H,4-7,9H2,1H3,(H,23,24). The lowest BCUT2D eigenvalue weighted by Crippen LogP contribution is -2.51. The highest BCUT2D eigenvalue weighted by molar-refractivity contribution is 5.94. The van der Waals surface area contributed by atoms with Gasteiger partial charge in [-0.05, 0) is 31.0 Å². The molecule has 1 N–H and O–H groups in total. The number of rotatable bonds is 3. The van der Waals surface area contributed by atoms with E-state index in [4.69, 9.17) is 5.11 Å². The number of aliphatic carboxylic acids is 1. The lowest BCUT2D eigenvalue weighted by atomic mass is 10.1. The second kappa shape index (κ2) is 6.22. The van der Waals surface area contributed by atoms with Crippen LogP contribution >= 0.6 is 0 Å². The quantitative estimate of drug-likeness (QED) is 0.899. The van der Waals surface area contributed by atoms with Crippen LogP contribution in [0.4, 0.5) is 4.39 Å². The number of hydrogen-bond acceptors (Lipinski definition) is 3. The predicted octanol–water partition coefficient (Wildman–Crippen LogP) is 1.14. The molecule has 1 aliphatic carbocycles. The number of hydrogen-bond donors (Lipinski definition) is 1. The van der Waals surface area contributed by atoms with E-state index in [-0.39, 0.29) is 11.8 Å². The third-order valence-electron chi connectivity index (χ3n) is 4.72. The Balaban J connectivity index is 1.57. The third-order valence-corrected chi connectivity index (χ3v) is 4.72. The number of amides is 2. The van der Waals surface area contributed by atoms with E-state index in [2.05, 4.69) is 0 Å². The molecule has 1 saturated heterocycles. The molecule has 6 nitrogen and oxygen atoms in total. The highest BCUT2D eigenvalue weighted by Gasteiger charge is 2.50. The van der Waals surface area contributed by atoms with Gasteiger partial charge in [0, 0.05) is 31.7 Å². The van der Waals surface area contributed by atoms with Crippen molar-refractivity contribution in [3.63, 3.8) is 0 Å². The number of nitrogens with zero attached hydrogens (tertiary/aromatic N) is 2. The normalized spacial score (nSPS) is 23.1. The van der Waals surface area contributed by atoms with Crippen molar-refractivity contribution in [3.05, 3.63) is 35.1 Å². The fourth-order valence-electron chi connectivity index (χ4n) is 3.01. The van der Waals surface area contributed by atoms with Crippen LogP contribution in [-0.2, 0) is 9.59 Å². The highest BCUT2D eigenvalue weighted by atomic mass is 19.1. The molecule has 1 heterocycles. The molecular weight excluding hydrogens is 315 g/mol. The SMILES string of the molecule is Cc1ccc(C(=O)N2CCN(C(=O)C3CC3C(=O)O)CC2)cc1F. The Hall–Kier alpha value is -2.44. The summed E-state index contributed by atoms with van der Waals surface area (Å²) >= 11 is 0. The number of carbonyl (C=O) groups excluding carboxylic acids is 2. The lowest BCUT2D eigenvalue weighted by Gasteiger charge is -2.35. The minimum absolute atomic E-state index is 0.143. The Morgan fingerprint density at radius 3 is 2.25 bits per heavy atom. The predicted molar refractivity (Wildman–Crippen MR) is 82.9 cm³/mol. The number of aryl methyl sites for hydroxylation is 1. The van der Waals surface area contributed by atoms with E-state index in [1.54, 1.807) is 28.9 Å². The van der Waals surface area contributed by atoms with Crippen molar-refractivity contribution in [3.8, 4) is 0 Å². The van der Waals surface area contributed by atoms with Crippen molar-refractivity contribution in [2.45, 2.75) is 13.3 Å². The molecule has 24 heavy (non-hydrogen) atoms. The van der Waals surface area contributed by atoms with Crippen molar-refractivity contribution < 1.29 is 23.9 Å². The molecule has 1 aliphatic heterocycles. The van der Waals surface area contributed by atoms with E-state index >= 15 is 0 Å². The second-order valence-corrected chi connectivity index (χ2v) is 6.37. The van der Waals surface area contributed by atoms with Crippen LogP contribution in [0.5, 0.6) is 0 Å². The van der Waals surface area contributed by atoms with Gasteiger partial charge in [-0.15, -0.1) is 0 Å². The van der Waals surface area contributed by atoms with Gasteiger partial charge in [0.25, 0.3) is 5.91 Å². The van der Waals surface area contributed by atoms with Crippen LogP contribution in [0.1, 0.15) is 22.3 Å². The minimum atomic E-state index is -0.927. The van der Waals surface area contributed by atoms with E-state index in [0.717, 1.165) is 0 Å². The Morgan fingerprint density at radius 2 is 1.71 bits per heavy atom. The summed E-state index contributed by atoms with van der Waals surface area (Å²) in [7, 11) is 0. The number of carboxylic acids is 1. The third kappa shape index (κ3) is 3.11. The van der Waals surface area contributed by atoms with Gasteiger partial charge >= 0.3 is 5.97 Å². The number of halogens is 1. The zero-order chi connectivity index (χ0) is 17.4. The molecule has 2 atom stereocenters. The Labute approximate surface area is 138 Å². The van der Waals surface area contributed by atoms with Gasteiger partial charge in [-0.2, -0.15) is 0 Å². The van der Waals surface area contributed by atoms with Crippen LogP contribution in [0.2, 0.25) is 0 Å². The highest BCUT2D eigenvalue weighted by Crippen LogP contribution is 2.40. The smallest absolute Gasteiger partial charge is 0.307 e. The van der Waals surface area contributed by atoms with Crippen LogP contribution in [0.15, 0.2) is 18.2 Å². The number of piperazine rings is 1. The number of benzene rings is 1. The summed E-state index contributed by atoms with van der Waals surface area (Å²) in [5.74, 6) is -2.72. The van der Waals surface area contributed by atoms with Crippen LogP contribution in [0, 0.1) is 24.6 Å². The summed E-state index contributed by atoms with van der Waals surface area (Å²) in [6, 6.07) is 4.40. The maximum Gasteiger partial charge on any atom is 0.307 e. The molecule has 0 aromatic heterocycles. The first kappa shape index (κ1) is 16.4. The fourth-order valence-corrected chi connectivity index (χ4v) is 3.01. The van der Waals surface area contributed by atoms with E-state index in [0.29, 0.717) is 43.7 Å². The maximum atomic E-state index is 13.6. The first-order valence-corrected chi connectivity index (χ1v) is 7.95. The Morgan fingerprint density at radius 1 is 1.08 bits per heavy atom. The molecule has 1 aromatic carbocycles. The van der Waals surface area contributed by atoms with Gasteiger partial charge < -0.3 is 14.9 Å². The van der Waals surface area contributed by atoms with E-state index in [1.165, 1.54) is 6.07 Å². The molecule has 1 saturated carbocycles. The van der Waals surface area contributed by atoms with Crippen molar-refractivity contribution in [2.75, 3.05) is 26.2 Å². The van der Waals surface area contributed by atoms with Gasteiger partial charge in [0.2, 0.25) is 5.91 Å². The molecule has 0 radical (unpaired) electrons. The Kier molecular flexibility index (Phi) is 4.26. The summed E-state index contributed by atoms with van der Waals surface area (Å²) in [5.41, 5.74) is 0.783. The summed E-state index contributed by atoms with van der Waals surface area (Å²) in [5, 5.41) is 8.90. The van der Waals surface area contributed by atoms with Crippen molar-refractivity contribution in [2.24, 2.45) is 11.8 Å². The van der Waals surface area contributed by atoms with Crippen molar-refractivity contribution in [1.29, 1.82) is 0 Å². The first-order valence-electron chi connectivity index (χ1n) is 7.95. The topological polar surface area (TPSA) is 77.9 Å². The maximum absolute atomic E-state index is 13.6. The fraction of sp³-hybridized carbons (Fsp3) is 0.471. The van der Waals surface area contributed by atoms with Gasteiger partial charge in [0.05, 0.1) is 11.8 Å². The van der Waals surface area contributed by atoms with Gasteiger partial charge in [0.1, 0.15) is 5.82 Å². The van der Waals surface area contributed by atoms with Gasteiger partial charge in [-0.1, -0.05) is 6.07 Å². The average Bonchev–Trinajstić information content (AvgIpc) is 3.37. The lowest BCUT2D eigenvalue weighted by molar-refractivity contribution is -0.142. The largest absolute Gasteiger partial charge is 0.481 e. The molecule has 128 valence electrons. The number of carboxylic acid groups (broad SMARTS) is 1. The molecule has 7 heteroatoms. The van der Waals surface area contributed by atoms with Crippen LogP contribution in [0.25, 0.3) is 0 Å². The summed E-state index contributed by atoms with van der Waals surface area (Å²) < 4.78 is 13.6. The molecule has 2 amide bonds. The van der Waals surface area contributed by atoms with Gasteiger partial charge in [-0.25, -0.2) is 4.39 Å². The first-order chi connectivity index (χ1) is 11.4. The zero-order valence-electron chi connectivity index (χ0n) is 13.4. The second-order valence-electron chi connectivity index (χ2n) is 6.37. The molecule has 0 bridgehead atoms. The zero-order valence-corrected chi connectivity index (χ0v) is 13.4. The average molecular weight is 334 g/mol. The molecule has 1 aromatic rings. The van der Waals surface area contributed by atoms with E-state index < -0.39 is 23.6 Å². The summed E-state index contributed by atoms with van der Waals surface area (Å²) in [4.78, 5) is 38.7. The van der Waals surface area contributed by atoms with Crippen LogP contribution < -0.4 is 0 Å². The Bertz CT molecular complexity index is 698. The van der Waals surface area contributed by atoms with Crippen LogP contribution in [-0.4, -0.2) is 58.9 Å². The molecule has 3 rings (SSSR count). The summed E-state index contributed by atoms with van der Waals surface area (Å²) in [6.07, 6.45) is 0.399. The molecule has 2 aliphatic rings. The van der Waals surface area contributed by atoms with Gasteiger partial charge in [-0.3, -0.25) is 14.4 Å². The molecule has 0 spiro atoms. The molecule has 2 fully saturated rings. The monoisotopic (exact) mass is 334 g/mol. The molecule has 2 unspecified atom stereocenters. The molecular formula is C17H19FN2O4. The van der Waals surface area contributed by atoms with Crippen molar-refractivity contribution >= 4 is 17.8 Å².